The maximum absolute atomic E-state index is 14.0. The van der Waals surface area contributed by atoms with Crippen molar-refractivity contribution in [3.8, 4) is 0 Å². The first-order valence-corrected chi connectivity index (χ1v) is 9.01. The van der Waals surface area contributed by atoms with Gasteiger partial charge in [0, 0.05) is 36.8 Å². The lowest BCUT2D eigenvalue weighted by Crippen LogP contribution is -2.51. The van der Waals surface area contributed by atoms with E-state index >= 15 is 0 Å². The first-order chi connectivity index (χ1) is 12.8. The number of piperidine rings is 1. The van der Waals surface area contributed by atoms with Gasteiger partial charge in [0.05, 0.1) is 31.7 Å². The molecule has 0 amide bonds. The number of carboxylic acids is 1. The van der Waals surface area contributed by atoms with E-state index in [-0.39, 0.29) is 25.2 Å². The lowest BCUT2D eigenvalue weighted by Gasteiger charge is -2.37. The number of aliphatic carboxylic acids is 1. The Balaban J connectivity index is 1.82. The largest absolute Gasteiger partial charge is 0.481 e. The molecule has 0 saturated carbocycles. The van der Waals surface area contributed by atoms with Gasteiger partial charge >= 0.3 is 11.9 Å². The van der Waals surface area contributed by atoms with E-state index in [0.29, 0.717) is 16.5 Å². The van der Waals surface area contributed by atoms with Crippen LogP contribution in [0.3, 0.4) is 0 Å². The molecule has 27 heavy (non-hydrogen) atoms. The summed E-state index contributed by atoms with van der Waals surface area (Å²) in [5, 5.41) is 14.5. The second kappa shape index (κ2) is 7.69. The maximum atomic E-state index is 14.0. The standard InChI is InChI=1S/C16H18F2N4O4S/c1-26-15(25)10-5-20-12(13-19-2-3-27-13)21-11(10)7-22-6-9(14(23)24)4-16(17,18)8-22/h2-3,9H,4-8H2,1H3,(H,20,21)(H,23,24). The Kier molecular flexibility index (Phi) is 5.51. The van der Waals surface area contributed by atoms with Crippen LogP contribution >= 0.6 is 11.3 Å². The summed E-state index contributed by atoms with van der Waals surface area (Å²) in [5.41, 5.74) is 0.586. The first kappa shape index (κ1) is 19.4. The summed E-state index contributed by atoms with van der Waals surface area (Å²) in [4.78, 5) is 33.0. The summed E-state index contributed by atoms with van der Waals surface area (Å²) < 4.78 is 32.7. The van der Waals surface area contributed by atoms with Crippen molar-refractivity contribution in [2.45, 2.75) is 12.3 Å². The number of aromatic nitrogens is 1. The number of nitrogens with one attached hydrogen (secondary N) is 1. The zero-order valence-electron chi connectivity index (χ0n) is 14.4. The van der Waals surface area contributed by atoms with Gasteiger partial charge in [-0.15, -0.1) is 11.3 Å². The SMILES string of the molecule is COC(=O)C1=C(CN2CC(C(=O)O)CC(F)(F)C2)NC(c2nccs2)=NC1. The molecule has 0 bridgehead atoms. The van der Waals surface area contributed by atoms with E-state index in [0.717, 1.165) is 0 Å². The first-order valence-electron chi connectivity index (χ1n) is 8.14. The van der Waals surface area contributed by atoms with Crippen LogP contribution in [0.5, 0.6) is 0 Å². The van der Waals surface area contributed by atoms with Crippen molar-refractivity contribution < 1.29 is 28.2 Å². The van der Waals surface area contributed by atoms with Gasteiger partial charge in [-0.1, -0.05) is 0 Å². The molecule has 1 aromatic heterocycles. The van der Waals surface area contributed by atoms with Gasteiger partial charge in [0.15, 0.2) is 10.8 Å². The third-order valence-electron chi connectivity index (χ3n) is 4.31. The fourth-order valence-corrected chi connectivity index (χ4v) is 3.72. The predicted octanol–water partition coefficient (Wildman–Crippen LogP) is 0.962. The van der Waals surface area contributed by atoms with E-state index in [1.165, 1.54) is 23.3 Å². The molecule has 2 aliphatic rings. The molecule has 11 heteroatoms. The van der Waals surface area contributed by atoms with Crippen molar-refractivity contribution in [3.05, 3.63) is 27.9 Å². The van der Waals surface area contributed by atoms with E-state index in [4.69, 9.17) is 9.84 Å². The van der Waals surface area contributed by atoms with Crippen molar-refractivity contribution in [1.82, 2.24) is 15.2 Å². The predicted molar refractivity (Wildman–Crippen MR) is 92.8 cm³/mol. The lowest BCUT2D eigenvalue weighted by atomic mass is 9.95. The van der Waals surface area contributed by atoms with Crippen molar-refractivity contribution in [1.29, 1.82) is 0 Å². The zero-order valence-corrected chi connectivity index (χ0v) is 15.3. The second-order valence-corrected chi connectivity index (χ2v) is 7.24. The van der Waals surface area contributed by atoms with E-state index in [1.54, 1.807) is 11.6 Å². The summed E-state index contributed by atoms with van der Waals surface area (Å²) in [6.07, 6.45) is 0.910. The third kappa shape index (κ3) is 4.48. The Morgan fingerprint density at radius 2 is 2.30 bits per heavy atom. The number of rotatable bonds is 5. The number of hydrogen-bond acceptors (Lipinski definition) is 8. The third-order valence-corrected chi connectivity index (χ3v) is 5.08. The highest BCUT2D eigenvalue weighted by atomic mass is 32.1. The Morgan fingerprint density at radius 3 is 2.93 bits per heavy atom. The Labute approximate surface area is 157 Å². The van der Waals surface area contributed by atoms with Crippen LogP contribution in [0.15, 0.2) is 27.8 Å². The molecule has 0 spiro atoms. The number of likely N-dealkylation sites (tertiary alicyclic amines) is 1. The number of carboxylic acid groups (broad SMARTS) is 1. The number of carbonyl (C=O) groups is 2. The number of carbonyl (C=O) groups excluding carboxylic acids is 1. The fraction of sp³-hybridized carbons (Fsp3) is 0.500. The van der Waals surface area contributed by atoms with Gasteiger partial charge < -0.3 is 15.2 Å². The molecule has 1 saturated heterocycles. The average Bonchev–Trinajstić information content (AvgIpc) is 3.14. The number of amidine groups is 1. The van der Waals surface area contributed by atoms with Crippen molar-refractivity contribution in [2.75, 3.05) is 33.3 Å². The fourth-order valence-electron chi connectivity index (χ4n) is 3.12. The maximum Gasteiger partial charge on any atom is 0.337 e. The van der Waals surface area contributed by atoms with Crippen LogP contribution in [-0.4, -0.2) is 72.0 Å². The summed E-state index contributed by atoms with van der Waals surface area (Å²) in [6.45, 7) is -0.640. The summed E-state index contributed by atoms with van der Waals surface area (Å²) in [7, 11) is 1.22. The molecule has 2 aliphatic heterocycles. The van der Waals surface area contributed by atoms with E-state index in [9.17, 15) is 18.4 Å². The van der Waals surface area contributed by atoms with Gasteiger partial charge in [-0.2, -0.15) is 0 Å². The Morgan fingerprint density at radius 1 is 1.52 bits per heavy atom. The number of hydrogen-bond donors (Lipinski definition) is 2. The number of methoxy groups -OCH3 is 1. The highest BCUT2D eigenvalue weighted by molar-refractivity contribution is 7.11. The van der Waals surface area contributed by atoms with Crippen LogP contribution in [0.2, 0.25) is 0 Å². The second-order valence-electron chi connectivity index (χ2n) is 6.34. The van der Waals surface area contributed by atoms with Crippen molar-refractivity contribution in [2.24, 2.45) is 10.9 Å². The number of thiazole rings is 1. The van der Waals surface area contributed by atoms with Gasteiger partial charge in [-0.05, 0) is 0 Å². The Hall–Kier alpha value is -2.40. The molecule has 1 atom stereocenters. The normalized spacial score (nSPS) is 22.8. The molecule has 0 aromatic carbocycles. The highest BCUT2D eigenvalue weighted by Crippen LogP contribution is 2.31. The number of aliphatic imine (C=N–C) groups is 1. The molecule has 3 rings (SSSR count). The van der Waals surface area contributed by atoms with E-state index in [1.807, 2.05) is 0 Å². The topological polar surface area (TPSA) is 104 Å². The van der Waals surface area contributed by atoms with Crippen LogP contribution in [0.25, 0.3) is 0 Å². The molecule has 146 valence electrons. The Bertz CT molecular complexity index is 794. The van der Waals surface area contributed by atoms with Gasteiger partial charge in [-0.25, -0.2) is 18.6 Å². The number of halogens is 2. The summed E-state index contributed by atoms with van der Waals surface area (Å²) in [5.74, 6) is -5.73. The molecule has 0 radical (unpaired) electrons. The molecule has 1 unspecified atom stereocenters. The lowest BCUT2D eigenvalue weighted by molar-refractivity contribution is -0.152. The number of esters is 1. The van der Waals surface area contributed by atoms with Gasteiger partial charge in [-0.3, -0.25) is 14.7 Å². The minimum Gasteiger partial charge on any atom is -0.481 e. The molecule has 2 N–H and O–H groups in total. The zero-order chi connectivity index (χ0) is 19.6. The molecule has 0 aliphatic carbocycles. The van der Waals surface area contributed by atoms with Crippen LogP contribution in [0.1, 0.15) is 11.4 Å². The molecule has 3 heterocycles. The van der Waals surface area contributed by atoms with Crippen molar-refractivity contribution >= 4 is 29.1 Å². The molecule has 1 fully saturated rings. The monoisotopic (exact) mass is 400 g/mol. The molecular weight excluding hydrogens is 382 g/mol. The van der Waals surface area contributed by atoms with E-state index < -0.39 is 36.7 Å². The summed E-state index contributed by atoms with van der Waals surface area (Å²) >= 11 is 1.34. The van der Waals surface area contributed by atoms with E-state index in [2.05, 4.69) is 15.3 Å². The summed E-state index contributed by atoms with van der Waals surface area (Å²) in [6, 6.07) is 0. The van der Waals surface area contributed by atoms with Crippen LogP contribution in [0, 0.1) is 5.92 Å². The molecule has 8 nitrogen and oxygen atoms in total. The molecule has 1 aromatic rings. The van der Waals surface area contributed by atoms with Crippen LogP contribution in [0.4, 0.5) is 8.78 Å². The number of ether oxygens (including phenoxy) is 1. The quantitative estimate of drug-likeness (QED) is 0.710. The highest BCUT2D eigenvalue weighted by Gasteiger charge is 2.43. The van der Waals surface area contributed by atoms with Gasteiger partial charge in [0.2, 0.25) is 0 Å². The minimum absolute atomic E-state index is 0.0243. The molecular formula is C16H18F2N4O4S. The van der Waals surface area contributed by atoms with Gasteiger partial charge in [0.25, 0.3) is 5.92 Å². The average molecular weight is 400 g/mol. The smallest absolute Gasteiger partial charge is 0.337 e. The van der Waals surface area contributed by atoms with Gasteiger partial charge in [0.1, 0.15) is 0 Å². The number of nitrogens with zero attached hydrogens (tertiary/aromatic N) is 3. The minimum atomic E-state index is -3.12. The number of alkyl halides is 2. The van der Waals surface area contributed by atoms with Crippen LogP contribution < -0.4 is 5.32 Å². The van der Waals surface area contributed by atoms with Crippen molar-refractivity contribution in [3.63, 3.8) is 0 Å². The van der Waals surface area contributed by atoms with Crippen LogP contribution in [-0.2, 0) is 14.3 Å².